The Hall–Kier alpha value is -0.750. The van der Waals surface area contributed by atoms with Gasteiger partial charge in [-0.25, -0.2) is 4.79 Å². The monoisotopic (exact) mass is 128 g/mol. The van der Waals surface area contributed by atoms with E-state index in [0.717, 1.165) is 0 Å². The van der Waals surface area contributed by atoms with Crippen LogP contribution in [0.25, 0.3) is 0 Å². The molecule has 0 aliphatic carbocycles. The Morgan fingerprint density at radius 3 is 2.12 bits per heavy atom. The van der Waals surface area contributed by atoms with Gasteiger partial charge in [0.2, 0.25) is 0 Å². The van der Waals surface area contributed by atoms with Gasteiger partial charge in [-0.3, -0.25) is 0 Å². The van der Waals surface area contributed by atoms with Crippen molar-refractivity contribution < 1.29 is 9.90 Å². The summed E-state index contributed by atoms with van der Waals surface area (Å²) in [7, 11) is -0.949. The Morgan fingerprint density at radius 2 is 1.88 bits per heavy atom. The Balaban J connectivity index is 2.93. The Morgan fingerprint density at radius 1 is 1.38 bits per heavy atom. The lowest BCUT2D eigenvalue weighted by Gasteiger charge is -1.81. The minimum absolute atomic E-state index is 0.718. The molecule has 0 atom stereocenters. The van der Waals surface area contributed by atoms with E-state index in [4.69, 9.17) is 5.11 Å². The predicted octanol–water partition coefficient (Wildman–Crippen LogP) is 2.20. The van der Waals surface area contributed by atoms with Crippen molar-refractivity contribution in [1.82, 2.24) is 0 Å². The molecule has 0 aliphatic heterocycles. The van der Waals surface area contributed by atoms with Gasteiger partial charge >= 0.3 is 5.71 Å². The van der Waals surface area contributed by atoms with Gasteiger partial charge in [0.1, 0.15) is 0 Å². The average Bonchev–Trinajstić information content (AvgIpc) is 2.12. The highest BCUT2D eigenvalue weighted by atomic mass is 31.1. The Labute approximate surface area is 47.8 Å². The van der Waals surface area contributed by atoms with Gasteiger partial charge in [0.05, 0.1) is 0 Å². The molecule has 1 aromatic rings. The lowest BCUT2D eigenvalue weighted by atomic mass is 10.7. The molecule has 0 saturated heterocycles. The maximum atomic E-state index is 10.1. The second kappa shape index (κ2) is 2.01. The van der Waals surface area contributed by atoms with Crippen LogP contribution in [-0.2, 0) is 0 Å². The third-order valence-corrected chi connectivity index (χ3v) is 2.25. The third kappa shape index (κ3) is 0.903. The van der Waals surface area contributed by atoms with Crippen LogP contribution in [0.1, 0.15) is 0 Å². The topological polar surface area (TPSA) is 37.3 Å². The molecular formula is C5H5O2P. The van der Waals surface area contributed by atoms with E-state index in [0.29, 0.717) is 0 Å². The van der Waals surface area contributed by atoms with Gasteiger partial charge in [-0.2, -0.15) is 0 Å². The van der Waals surface area contributed by atoms with E-state index in [-0.39, 0.29) is 0 Å². The van der Waals surface area contributed by atoms with Gasteiger partial charge in [0.25, 0.3) is 0 Å². The first-order valence-electron chi connectivity index (χ1n) is 2.17. The zero-order valence-electron chi connectivity index (χ0n) is 4.11. The van der Waals surface area contributed by atoms with E-state index in [9.17, 15) is 4.79 Å². The third-order valence-electron chi connectivity index (χ3n) is 0.825. The number of carbonyl (C=O) groups is 1. The first-order chi connectivity index (χ1) is 3.80. The quantitative estimate of drug-likeness (QED) is 0.629. The molecule has 0 amide bonds. The second-order valence-corrected chi connectivity index (χ2v) is 3.17. The fourth-order valence-electron chi connectivity index (χ4n) is 0.462. The lowest BCUT2D eigenvalue weighted by Crippen LogP contribution is -1.74. The first kappa shape index (κ1) is 5.39. The molecular weight excluding hydrogens is 123 g/mol. The maximum absolute atomic E-state index is 10.1. The van der Waals surface area contributed by atoms with E-state index in [2.05, 4.69) is 0 Å². The van der Waals surface area contributed by atoms with Crippen molar-refractivity contribution in [2.45, 2.75) is 0 Å². The molecule has 0 saturated carbocycles. The molecule has 0 unspecified atom stereocenters. The zero-order chi connectivity index (χ0) is 5.98. The molecule has 0 radical (unpaired) electrons. The molecule has 0 fully saturated rings. The standard InChI is InChI=1S/C5H5O2P/c6-5(7)8-3-1-2-4-8/h1-4H,(H,6,7). The summed E-state index contributed by atoms with van der Waals surface area (Å²) in [5, 5.41) is 8.34. The number of hydrogen-bond acceptors (Lipinski definition) is 1. The predicted molar refractivity (Wildman–Crippen MR) is 32.6 cm³/mol. The molecule has 0 bridgehead atoms. The van der Waals surface area contributed by atoms with Crippen molar-refractivity contribution >= 4 is 13.2 Å². The van der Waals surface area contributed by atoms with Gasteiger partial charge in [-0.1, -0.05) is 12.1 Å². The van der Waals surface area contributed by atoms with Gasteiger partial charge in [-0.05, 0) is 19.1 Å². The lowest BCUT2D eigenvalue weighted by molar-refractivity contribution is 0.221. The van der Waals surface area contributed by atoms with Gasteiger partial charge in [0.15, 0.2) is 0 Å². The number of carboxylic acid groups (broad SMARTS) is 1. The van der Waals surface area contributed by atoms with E-state index in [1.54, 1.807) is 23.7 Å². The fourth-order valence-corrected chi connectivity index (χ4v) is 1.39. The zero-order valence-corrected chi connectivity index (χ0v) is 5.01. The van der Waals surface area contributed by atoms with Crippen LogP contribution in [0.2, 0.25) is 0 Å². The SMILES string of the molecule is O=C(O)p1cccc1. The minimum Gasteiger partial charge on any atom is -0.475 e. The summed E-state index contributed by atoms with van der Waals surface area (Å²) in [6.45, 7) is 0. The molecule has 1 aromatic heterocycles. The summed E-state index contributed by atoms with van der Waals surface area (Å²) in [5.41, 5.74) is -0.718. The van der Waals surface area contributed by atoms with E-state index in [1.165, 1.54) is 0 Å². The van der Waals surface area contributed by atoms with Crippen LogP contribution in [0, 0.1) is 0 Å². The molecule has 1 rings (SSSR count). The molecule has 0 spiro atoms. The van der Waals surface area contributed by atoms with Crippen molar-refractivity contribution in [3.8, 4) is 0 Å². The minimum atomic E-state index is -0.949. The van der Waals surface area contributed by atoms with Crippen molar-refractivity contribution in [2.24, 2.45) is 0 Å². The summed E-state index contributed by atoms with van der Waals surface area (Å²) < 4.78 is 0. The molecule has 3 heteroatoms. The molecule has 42 valence electrons. The Kier molecular flexibility index (Phi) is 1.36. The highest BCUT2D eigenvalue weighted by Crippen LogP contribution is 2.25. The second-order valence-electron chi connectivity index (χ2n) is 1.37. The fraction of sp³-hybridized carbons (Fsp3) is 0. The molecule has 1 N–H and O–H groups in total. The van der Waals surface area contributed by atoms with E-state index < -0.39 is 13.2 Å². The van der Waals surface area contributed by atoms with Crippen LogP contribution in [0.5, 0.6) is 0 Å². The van der Waals surface area contributed by atoms with E-state index >= 15 is 0 Å². The van der Waals surface area contributed by atoms with Crippen molar-refractivity contribution in [3.63, 3.8) is 0 Å². The van der Waals surface area contributed by atoms with Gasteiger partial charge in [-0.15, -0.1) is 0 Å². The summed E-state index contributed by atoms with van der Waals surface area (Å²) in [6, 6.07) is 3.53. The molecule has 0 aromatic carbocycles. The van der Waals surface area contributed by atoms with Crippen molar-refractivity contribution in [2.75, 3.05) is 0 Å². The van der Waals surface area contributed by atoms with Crippen molar-refractivity contribution in [3.05, 3.63) is 23.7 Å². The molecule has 2 nitrogen and oxygen atoms in total. The van der Waals surface area contributed by atoms with E-state index in [1.807, 2.05) is 0 Å². The average molecular weight is 128 g/mol. The normalized spacial score (nSPS) is 9.00. The number of hydrogen-bond donors (Lipinski definition) is 1. The first-order valence-corrected chi connectivity index (χ1v) is 3.65. The highest BCUT2D eigenvalue weighted by Gasteiger charge is 1.96. The summed E-state index contributed by atoms with van der Waals surface area (Å²) in [4.78, 5) is 10.1. The smallest absolute Gasteiger partial charge is 0.349 e. The largest absolute Gasteiger partial charge is 0.475 e. The molecule has 8 heavy (non-hydrogen) atoms. The van der Waals surface area contributed by atoms with Crippen molar-refractivity contribution in [1.29, 1.82) is 0 Å². The summed E-state index contributed by atoms with van der Waals surface area (Å²) in [6.07, 6.45) is 0. The van der Waals surface area contributed by atoms with Crippen LogP contribution in [0.4, 0.5) is 4.79 Å². The van der Waals surface area contributed by atoms with Gasteiger partial charge in [0, 0.05) is 0 Å². The van der Waals surface area contributed by atoms with Crippen LogP contribution < -0.4 is 0 Å². The Bertz CT molecular complexity index is 178. The highest BCUT2D eigenvalue weighted by molar-refractivity contribution is 7.66. The summed E-state index contributed by atoms with van der Waals surface area (Å²) >= 11 is 0. The maximum Gasteiger partial charge on any atom is 0.349 e. The number of rotatable bonds is 1. The van der Waals surface area contributed by atoms with Crippen LogP contribution in [0.15, 0.2) is 23.7 Å². The van der Waals surface area contributed by atoms with Gasteiger partial charge < -0.3 is 5.11 Å². The molecule has 0 aliphatic rings. The molecule has 1 heterocycles. The van der Waals surface area contributed by atoms with Crippen LogP contribution in [0.3, 0.4) is 0 Å². The van der Waals surface area contributed by atoms with Crippen LogP contribution >= 0.6 is 7.53 Å². The summed E-state index contributed by atoms with van der Waals surface area (Å²) in [5.74, 6) is 3.41. The van der Waals surface area contributed by atoms with Crippen LogP contribution in [-0.4, -0.2) is 10.8 Å².